The number of alkyl halides is 3. The molecule has 0 bridgehead atoms. The van der Waals surface area contributed by atoms with Crippen LogP contribution in [0.2, 0.25) is 0 Å². The molecule has 6 heteroatoms. The van der Waals surface area contributed by atoms with Gasteiger partial charge >= 0.3 is 6.18 Å². The lowest BCUT2D eigenvalue weighted by Crippen LogP contribution is -2.05. The van der Waals surface area contributed by atoms with Crippen LogP contribution in [0.25, 0.3) is 77.2 Å². The van der Waals surface area contributed by atoms with Crippen molar-refractivity contribution < 1.29 is 13.2 Å². The van der Waals surface area contributed by atoms with E-state index in [0.29, 0.717) is 16.7 Å². The molecule has 2 heterocycles. The molecular weight excluding hydrogens is 688 g/mol. The molecule has 9 rings (SSSR count). The highest BCUT2D eigenvalue weighted by atomic mass is 19.4. The first-order chi connectivity index (χ1) is 26.4. The van der Waals surface area contributed by atoms with E-state index in [1.165, 1.54) is 6.07 Å². The molecule has 55 heavy (non-hydrogen) atoms. The molecule has 0 atom stereocenters. The van der Waals surface area contributed by atoms with Gasteiger partial charge in [0, 0.05) is 32.8 Å². The topological polar surface area (TPSA) is 33.6 Å². The molecule has 0 amide bonds. The number of aryl methyl sites for hydroxylation is 5. The molecule has 0 spiro atoms. The second-order valence-corrected chi connectivity index (χ2v) is 14.9. The van der Waals surface area contributed by atoms with Gasteiger partial charge in [-0.1, -0.05) is 58.7 Å². The van der Waals surface area contributed by atoms with Gasteiger partial charge < -0.3 is 9.13 Å². The standard InChI is InChI=1S/C49H36F3N3/c1-28-6-15-44-39(20-28)40-21-29(2)7-16-45(40)54(44)35-12-14-37(36-13-11-34(24-32(36)5)49(50,51)52)38(26-35)43-25-33(27-53)10-19-48(43)55-46-17-8-30(3)22-41(46)42-23-31(4)9-18-47(42)55/h6-26H,1-5H3. The van der Waals surface area contributed by atoms with Crippen LogP contribution in [0.1, 0.15) is 38.9 Å². The number of fused-ring (bicyclic) bond motifs is 6. The summed E-state index contributed by atoms with van der Waals surface area (Å²) >= 11 is 0. The Hall–Kier alpha value is -6.58. The third kappa shape index (κ3) is 5.58. The zero-order chi connectivity index (χ0) is 38.3. The average Bonchev–Trinajstić information content (AvgIpc) is 3.64. The predicted octanol–water partition coefficient (Wildman–Crippen LogP) is 13.6. The first kappa shape index (κ1) is 34.2. The van der Waals surface area contributed by atoms with Gasteiger partial charge in [0.15, 0.2) is 0 Å². The highest BCUT2D eigenvalue weighted by Gasteiger charge is 2.31. The second kappa shape index (κ2) is 12.5. The number of rotatable bonds is 4. The number of benzene rings is 7. The zero-order valence-electron chi connectivity index (χ0n) is 31.1. The number of hydrogen-bond donors (Lipinski definition) is 0. The Labute approximate surface area is 317 Å². The Kier molecular flexibility index (Phi) is 7.77. The lowest BCUT2D eigenvalue weighted by Gasteiger charge is -2.20. The third-order valence-corrected chi connectivity index (χ3v) is 10.9. The van der Waals surface area contributed by atoms with Crippen molar-refractivity contribution in [2.45, 2.75) is 40.8 Å². The van der Waals surface area contributed by atoms with Crippen LogP contribution in [0.5, 0.6) is 0 Å². The molecule has 3 nitrogen and oxygen atoms in total. The minimum Gasteiger partial charge on any atom is -0.309 e. The molecule has 0 fully saturated rings. The van der Waals surface area contributed by atoms with Gasteiger partial charge in [-0.25, -0.2) is 0 Å². The van der Waals surface area contributed by atoms with E-state index in [2.05, 4.69) is 122 Å². The number of halogens is 3. The minimum absolute atomic E-state index is 0.481. The molecule has 2 aromatic heterocycles. The van der Waals surface area contributed by atoms with Gasteiger partial charge in [-0.3, -0.25) is 0 Å². The maximum absolute atomic E-state index is 13.9. The summed E-state index contributed by atoms with van der Waals surface area (Å²) in [5, 5.41) is 14.8. The summed E-state index contributed by atoms with van der Waals surface area (Å²) in [5.41, 5.74) is 13.9. The molecule has 0 saturated heterocycles. The van der Waals surface area contributed by atoms with E-state index in [4.69, 9.17) is 0 Å². The van der Waals surface area contributed by atoms with E-state index in [9.17, 15) is 18.4 Å². The molecule has 0 unspecified atom stereocenters. The van der Waals surface area contributed by atoms with Crippen LogP contribution in [-0.2, 0) is 6.18 Å². The molecule has 0 N–H and O–H groups in total. The molecule has 0 saturated carbocycles. The highest BCUT2D eigenvalue weighted by molar-refractivity contribution is 6.11. The third-order valence-electron chi connectivity index (χ3n) is 10.9. The van der Waals surface area contributed by atoms with Crippen molar-refractivity contribution in [3.05, 3.63) is 166 Å². The Morgan fingerprint density at radius 3 is 1.42 bits per heavy atom. The van der Waals surface area contributed by atoms with Gasteiger partial charge in [0.05, 0.1) is 45.0 Å². The zero-order valence-corrected chi connectivity index (χ0v) is 31.1. The van der Waals surface area contributed by atoms with Gasteiger partial charge in [-0.05, 0) is 148 Å². The summed E-state index contributed by atoms with van der Waals surface area (Å²) in [7, 11) is 0. The van der Waals surface area contributed by atoms with E-state index in [1.54, 1.807) is 13.0 Å². The first-order valence-electron chi connectivity index (χ1n) is 18.3. The quantitative estimate of drug-likeness (QED) is 0.178. The van der Waals surface area contributed by atoms with Gasteiger partial charge in [0.1, 0.15) is 0 Å². The van der Waals surface area contributed by atoms with Crippen LogP contribution in [0.4, 0.5) is 13.2 Å². The fourth-order valence-electron chi connectivity index (χ4n) is 8.33. The fraction of sp³-hybridized carbons (Fsp3) is 0.122. The van der Waals surface area contributed by atoms with E-state index < -0.39 is 11.7 Å². The van der Waals surface area contributed by atoms with Crippen LogP contribution in [0, 0.1) is 45.9 Å². The number of nitrogens with zero attached hydrogens (tertiary/aromatic N) is 3. The molecule has 0 aliphatic rings. The molecule has 0 radical (unpaired) electrons. The molecule has 7 aromatic carbocycles. The summed E-state index contributed by atoms with van der Waals surface area (Å²) in [6.45, 7) is 10.1. The van der Waals surface area contributed by atoms with Crippen molar-refractivity contribution in [3.8, 4) is 39.7 Å². The average molecular weight is 724 g/mol. The van der Waals surface area contributed by atoms with E-state index in [-0.39, 0.29) is 0 Å². The van der Waals surface area contributed by atoms with Gasteiger partial charge in [0.25, 0.3) is 0 Å². The Morgan fingerprint density at radius 1 is 0.455 bits per heavy atom. The smallest absolute Gasteiger partial charge is 0.309 e. The van der Waals surface area contributed by atoms with Gasteiger partial charge in [0.2, 0.25) is 0 Å². The molecule has 268 valence electrons. The van der Waals surface area contributed by atoms with Crippen LogP contribution < -0.4 is 0 Å². The molecule has 0 aliphatic heterocycles. The van der Waals surface area contributed by atoms with Crippen LogP contribution >= 0.6 is 0 Å². The largest absolute Gasteiger partial charge is 0.416 e. The first-order valence-corrected chi connectivity index (χ1v) is 18.3. The summed E-state index contributed by atoms with van der Waals surface area (Å²) in [6, 6.07) is 44.1. The second-order valence-electron chi connectivity index (χ2n) is 14.9. The Balaban J connectivity index is 1.40. The molecular formula is C49H36F3N3. The lowest BCUT2D eigenvalue weighted by molar-refractivity contribution is -0.137. The Bertz CT molecular complexity index is 2980. The Morgan fingerprint density at radius 2 is 0.945 bits per heavy atom. The maximum atomic E-state index is 13.9. The van der Waals surface area contributed by atoms with Crippen molar-refractivity contribution in [1.29, 1.82) is 5.26 Å². The van der Waals surface area contributed by atoms with E-state index >= 15 is 0 Å². The van der Waals surface area contributed by atoms with E-state index in [1.807, 2.05) is 30.3 Å². The highest BCUT2D eigenvalue weighted by Crippen LogP contribution is 2.44. The summed E-state index contributed by atoms with van der Waals surface area (Å²) in [4.78, 5) is 0. The van der Waals surface area contributed by atoms with Crippen molar-refractivity contribution in [2.75, 3.05) is 0 Å². The van der Waals surface area contributed by atoms with Gasteiger partial charge in [-0.15, -0.1) is 0 Å². The van der Waals surface area contributed by atoms with Crippen molar-refractivity contribution in [1.82, 2.24) is 9.13 Å². The monoisotopic (exact) mass is 723 g/mol. The SMILES string of the molecule is Cc1ccc2c(c1)c1cc(C)ccc1n2-c1ccc(-c2ccc(C(F)(F)F)cc2C)c(-c2cc(C#N)ccc2-n2c3ccc(C)cc3c3cc(C)ccc32)c1. The molecule has 0 aliphatic carbocycles. The lowest BCUT2D eigenvalue weighted by atomic mass is 9.89. The minimum atomic E-state index is -4.47. The van der Waals surface area contributed by atoms with Crippen molar-refractivity contribution >= 4 is 43.6 Å². The normalized spacial score (nSPS) is 12.0. The van der Waals surface area contributed by atoms with Crippen LogP contribution in [0.15, 0.2) is 127 Å². The van der Waals surface area contributed by atoms with E-state index in [0.717, 1.165) is 100.0 Å². The predicted molar refractivity (Wildman–Crippen MR) is 219 cm³/mol. The number of nitriles is 1. The van der Waals surface area contributed by atoms with Crippen molar-refractivity contribution in [3.63, 3.8) is 0 Å². The van der Waals surface area contributed by atoms with Crippen LogP contribution in [0.3, 0.4) is 0 Å². The number of aromatic nitrogens is 2. The summed E-state index contributed by atoms with van der Waals surface area (Å²) in [5.74, 6) is 0. The molecule has 9 aromatic rings. The summed E-state index contributed by atoms with van der Waals surface area (Å²) in [6.07, 6.45) is -4.47. The van der Waals surface area contributed by atoms with Crippen molar-refractivity contribution in [2.24, 2.45) is 0 Å². The fourth-order valence-corrected chi connectivity index (χ4v) is 8.33. The van der Waals surface area contributed by atoms with Gasteiger partial charge in [-0.2, -0.15) is 18.4 Å². The summed E-state index contributed by atoms with van der Waals surface area (Å²) < 4.78 is 46.3. The van der Waals surface area contributed by atoms with Crippen LogP contribution in [-0.4, -0.2) is 9.13 Å². The number of hydrogen-bond acceptors (Lipinski definition) is 1. The maximum Gasteiger partial charge on any atom is 0.416 e.